The fourth-order valence-corrected chi connectivity index (χ4v) is 5.92. The molecule has 1 aliphatic heterocycles. The second kappa shape index (κ2) is 4.46. The highest BCUT2D eigenvalue weighted by atomic mass is 16.2. The monoisotopic (exact) mass is 276 g/mol. The lowest BCUT2D eigenvalue weighted by Gasteiger charge is -2.37. The molecule has 4 aliphatic rings. The van der Waals surface area contributed by atoms with E-state index in [0.29, 0.717) is 11.9 Å². The lowest BCUT2D eigenvalue weighted by molar-refractivity contribution is -0.136. The van der Waals surface area contributed by atoms with E-state index in [1.165, 1.54) is 38.5 Å². The quantitative estimate of drug-likeness (QED) is 0.841. The Kier molecular flexibility index (Phi) is 2.93. The van der Waals surface area contributed by atoms with E-state index in [1.54, 1.807) is 0 Å². The van der Waals surface area contributed by atoms with Crippen LogP contribution in [0.1, 0.15) is 65.2 Å². The number of fused-ring (bicyclic) bond motifs is 2. The zero-order chi connectivity index (χ0) is 13.9. The van der Waals surface area contributed by atoms with E-state index < -0.39 is 0 Å². The Morgan fingerprint density at radius 2 is 2.00 bits per heavy atom. The molecule has 4 rings (SSSR count). The van der Waals surface area contributed by atoms with Gasteiger partial charge in [-0.3, -0.25) is 10.1 Å². The van der Waals surface area contributed by atoms with E-state index in [2.05, 4.69) is 24.1 Å². The van der Waals surface area contributed by atoms with Gasteiger partial charge in [0.25, 0.3) is 0 Å². The number of rotatable bonds is 2. The first-order chi connectivity index (χ1) is 9.61. The van der Waals surface area contributed by atoms with Crippen molar-refractivity contribution in [2.24, 2.45) is 17.8 Å². The molecule has 112 valence electrons. The Morgan fingerprint density at radius 3 is 2.60 bits per heavy atom. The van der Waals surface area contributed by atoms with Crippen molar-refractivity contribution in [2.75, 3.05) is 0 Å². The van der Waals surface area contributed by atoms with Crippen molar-refractivity contribution in [3.05, 3.63) is 0 Å². The van der Waals surface area contributed by atoms with Crippen LogP contribution >= 0.6 is 0 Å². The van der Waals surface area contributed by atoms with Crippen molar-refractivity contribution in [2.45, 2.75) is 83.0 Å². The van der Waals surface area contributed by atoms with Gasteiger partial charge in [0.15, 0.2) is 0 Å². The average Bonchev–Trinajstić information content (AvgIpc) is 3.17. The maximum Gasteiger partial charge on any atom is 0.244 e. The minimum atomic E-state index is -0.189. The summed E-state index contributed by atoms with van der Waals surface area (Å²) in [5, 5.41) is 3.65. The SMILES string of the molecule is CC1NC2(CCCC2)C(=O)N1C(C)C1CC2CCC1C2. The second-order valence-electron chi connectivity index (χ2n) is 7.90. The van der Waals surface area contributed by atoms with Crippen molar-refractivity contribution < 1.29 is 4.79 Å². The van der Waals surface area contributed by atoms with Gasteiger partial charge >= 0.3 is 0 Å². The summed E-state index contributed by atoms with van der Waals surface area (Å²) in [5.74, 6) is 3.04. The summed E-state index contributed by atoms with van der Waals surface area (Å²) in [7, 11) is 0. The number of carbonyl (C=O) groups excluding carboxylic acids is 1. The minimum absolute atomic E-state index is 0.189. The fourth-order valence-electron chi connectivity index (χ4n) is 5.92. The summed E-state index contributed by atoms with van der Waals surface area (Å²) >= 11 is 0. The molecule has 3 aliphatic carbocycles. The van der Waals surface area contributed by atoms with Crippen LogP contribution in [0.2, 0.25) is 0 Å². The summed E-state index contributed by atoms with van der Waals surface area (Å²) in [4.78, 5) is 15.2. The van der Waals surface area contributed by atoms with Crippen LogP contribution in [0.15, 0.2) is 0 Å². The average molecular weight is 276 g/mol. The normalized spacial score (nSPS) is 43.9. The summed E-state index contributed by atoms with van der Waals surface area (Å²) in [6, 6.07) is 0.431. The van der Waals surface area contributed by atoms with Crippen LogP contribution in [0.25, 0.3) is 0 Å². The Bertz CT molecular complexity index is 415. The standard InChI is InChI=1S/C17H28N2O/c1-11(15-10-13-5-6-14(15)9-13)19-12(2)18-17(16(19)20)7-3-4-8-17/h11-15,18H,3-10H2,1-2H3. The predicted molar refractivity (Wildman–Crippen MR) is 79.0 cm³/mol. The van der Waals surface area contributed by atoms with Gasteiger partial charge in [0.2, 0.25) is 5.91 Å². The molecule has 3 heteroatoms. The molecular weight excluding hydrogens is 248 g/mol. The van der Waals surface area contributed by atoms with Gasteiger partial charge in [-0.15, -0.1) is 0 Å². The molecular formula is C17H28N2O. The van der Waals surface area contributed by atoms with Crippen molar-refractivity contribution in [3.63, 3.8) is 0 Å². The highest BCUT2D eigenvalue weighted by Gasteiger charge is 2.54. The highest BCUT2D eigenvalue weighted by Crippen LogP contribution is 2.51. The molecule has 5 unspecified atom stereocenters. The van der Waals surface area contributed by atoms with Gasteiger partial charge in [-0.1, -0.05) is 19.3 Å². The zero-order valence-electron chi connectivity index (χ0n) is 12.9. The van der Waals surface area contributed by atoms with Gasteiger partial charge in [0.1, 0.15) is 0 Å². The first-order valence-electron chi connectivity index (χ1n) is 8.71. The van der Waals surface area contributed by atoms with Crippen LogP contribution in [0.3, 0.4) is 0 Å². The van der Waals surface area contributed by atoms with Crippen LogP contribution < -0.4 is 5.32 Å². The topological polar surface area (TPSA) is 32.3 Å². The van der Waals surface area contributed by atoms with Gasteiger partial charge in [0.05, 0.1) is 11.7 Å². The summed E-state index contributed by atoms with van der Waals surface area (Å²) < 4.78 is 0. The van der Waals surface area contributed by atoms with Gasteiger partial charge in [-0.05, 0) is 63.7 Å². The van der Waals surface area contributed by atoms with Crippen LogP contribution in [-0.2, 0) is 4.79 Å². The number of nitrogens with zero attached hydrogens (tertiary/aromatic N) is 1. The van der Waals surface area contributed by atoms with Gasteiger partial charge < -0.3 is 4.90 Å². The van der Waals surface area contributed by atoms with E-state index in [4.69, 9.17) is 0 Å². The molecule has 1 spiro atoms. The maximum absolute atomic E-state index is 13.0. The number of hydrogen-bond donors (Lipinski definition) is 1. The molecule has 0 radical (unpaired) electrons. The molecule has 0 aromatic rings. The van der Waals surface area contributed by atoms with Crippen molar-refractivity contribution in [3.8, 4) is 0 Å². The van der Waals surface area contributed by atoms with E-state index >= 15 is 0 Å². The lowest BCUT2D eigenvalue weighted by atomic mass is 9.83. The fraction of sp³-hybridized carbons (Fsp3) is 0.941. The number of carbonyl (C=O) groups is 1. The lowest BCUT2D eigenvalue weighted by Crippen LogP contribution is -2.47. The first kappa shape index (κ1) is 13.1. The third-order valence-corrected chi connectivity index (χ3v) is 6.85. The molecule has 1 amide bonds. The zero-order valence-corrected chi connectivity index (χ0v) is 12.9. The number of hydrogen-bond acceptors (Lipinski definition) is 2. The summed E-state index contributed by atoms with van der Waals surface area (Å²) in [6.07, 6.45) is 10.4. The van der Waals surface area contributed by atoms with Crippen LogP contribution in [-0.4, -0.2) is 28.6 Å². The molecule has 0 aromatic carbocycles. The molecule has 1 saturated heterocycles. The van der Waals surface area contributed by atoms with Crippen molar-refractivity contribution >= 4 is 5.91 Å². The van der Waals surface area contributed by atoms with Gasteiger partial charge in [-0.25, -0.2) is 0 Å². The Balaban J connectivity index is 1.54. The maximum atomic E-state index is 13.0. The van der Waals surface area contributed by atoms with Gasteiger partial charge in [-0.2, -0.15) is 0 Å². The Labute approximate surface area is 122 Å². The molecule has 1 N–H and O–H groups in total. The number of amides is 1. The largest absolute Gasteiger partial charge is 0.323 e. The Morgan fingerprint density at radius 1 is 1.25 bits per heavy atom. The van der Waals surface area contributed by atoms with E-state index in [-0.39, 0.29) is 11.7 Å². The summed E-state index contributed by atoms with van der Waals surface area (Å²) in [6.45, 7) is 4.50. The second-order valence-corrected chi connectivity index (χ2v) is 7.90. The van der Waals surface area contributed by atoms with Crippen LogP contribution in [0, 0.1) is 17.8 Å². The van der Waals surface area contributed by atoms with Crippen LogP contribution in [0.5, 0.6) is 0 Å². The Hall–Kier alpha value is -0.570. The summed E-state index contributed by atoms with van der Waals surface area (Å²) in [5.41, 5.74) is -0.189. The van der Waals surface area contributed by atoms with Gasteiger partial charge in [0, 0.05) is 6.04 Å². The first-order valence-corrected chi connectivity index (χ1v) is 8.71. The molecule has 20 heavy (non-hydrogen) atoms. The molecule has 5 atom stereocenters. The predicted octanol–water partition coefficient (Wildman–Crippen LogP) is 2.90. The molecule has 1 heterocycles. The smallest absolute Gasteiger partial charge is 0.244 e. The highest BCUT2D eigenvalue weighted by molar-refractivity contribution is 5.89. The third-order valence-electron chi connectivity index (χ3n) is 6.85. The van der Waals surface area contributed by atoms with Crippen molar-refractivity contribution in [1.29, 1.82) is 0 Å². The van der Waals surface area contributed by atoms with E-state index in [0.717, 1.165) is 30.6 Å². The van der Waals surface area contributed by atoms with Crippen LogP contribution in [0.4, 0.5) is 0 Å². The molecule has 3 nitrogen and oxygen atoms in total. The minimum Gasteiger partial charge on any atom is -0.323 e. The van der Waals surface area contributed by atoms with E-state index in [9.17, 15) is 4.79 Å². The van der Waals surface area contributed by atoms with Crippen molar-refractivity contribution in [1.82, 2.24) is 10.2 Å². The number of nitrogens with one attached hydrogen (secondary N) is 1. The third kappa shape index (κ3) is 1.71. The van der Waals surface area contributed by atoms with E-state index in [1.807, 2.05) is 0 Å². The molecule has 0 aromatic heterocycles. The molecule has 4 fully saturated rings. The molecule has 3 saturated carbocycles. The molecule has 2 bridgehead atoms.